The molecule has 1 aromatic heterocycles. The maximum absolute atomic E-state index is 12.9. The van der Waals surface area contributed by atoms with E-state index in [0.717, 1.165) is 18.6 Å². The van der Waals surface area contributed by atoms with Crippen molar-refractivity contribution < 1.29 is 13.2 Å². The first-order chi connectivity index (χ1) is 9.38. The fraction of sp³-hybridized carbons (Fsp3) is 0.538. The van der Waals surface area contributed by atoms with Crippen LogP contribution >= 0.6 is 0 Å². The van der Waals surface area contributed by atoms with E-state index in [9.17, 15) is 13.2 Å². The van der Waals surface area contributed by atoms with Crippen molar-refractivity contribution in [1.82, 2.24) is 4.98 Å². The van der Waals surface area contributed by atoms with Crippen molar-refractivity contribution in [2.45, 2.75) is 25.9 Å². The smallest absolute Gasteiger partial charge is 0.370 e. The molecule has 1 rings (SSSR count). The van der Waals surface area contributed by atoms with Gasteiger partial charge < -0.3 is 10.2 Å². The Labute approximate surface area is 116 Å². The van der Waals surface area contributed by atoms with Crippen LogP contribution in [0, 0.1) is 11.3 Å². The van der Waals surface area contributed by atoms with Crippen LogP contribution in [-0.2, 0) is 6.18 Å². The van der Waals surface area contributed by atoms with Crippen LogP contribution in [0.25, 0.3) is 0 Å². The van der Waals surface area contributed by atoms with E-state index in [1.54, 1.807) is 7.05 Å². The first-order valence-corrected chi connectivity index (χ1v) is 6.29. The van der Waals surface area contributed by atoms with Gasteiger partial charge in [0.15, 0.2) is 0 Å². The molecule has 4 nitrogen and oxygen atoms in total. The third kappa shape index (κ3) is 4.61. The molecule has 20 heavy (non-hydrogen) atoms. The summed E-state index contributed by atoms with van der Waals surface area (Å²) in [5.74, 6) is 0.397. The molecule has 0 aliphatic rings. The van der Waals surface area contributed by atoms with Crippen LogP contribution in [-0.4, -0.2) is 25.1 Å². The van der Waals surface area contributed by atoms with Crippen LogP contribution in [0.15, 0.2) is 12.1 Å². The Morgan fingerprint density at radius 3 is 2.65 bits per heavy atom. The molecule has 0 fully saturated rings. The highest BCUT2D eigenvalue weighted by atomic mass is 19.4. The normalized spacial score (nSPS) is 11.0. The summed E-state index contributed by atoms with van der Waals surface area (Å²) in [5, 5.41) is 11.4. The number of hydrogen-bond donors (Lipinski definition) is 1. The third-order valence-corrected chi connectivity index (χ3v) is 2.65. The van der Waals surface area contributed by atoms with E-state index in [1.165, 1.54) is 4.90 Å². The van der Waals surface area contributed by atoms with Gasteiger partial charge >= 0.3 is 6.18 Å². The summed E-state index contributed by atoms with van der Waals surface area (Å²) in [6.45, 7) is 2.80. The summed E-state index contributed by atoms with van der Waals surface area (Å²) >= 11 is 0. The third-order valence-electron chi connectivity index (χ3n) is 2.65. The fourth-order valence-electron chi connectivity index (χ4n) is 1.55. The maximum Gasteiger partial charge on any atom is 0.416 e. The summed E-state index contributed by atoms with van der Waals surface area (Å²) < 4.78 is 38.6. The van der Waals surface area contributed by atoms with Gasteiger partial charge in [-0.1, -0.05) is 6.92 Å². The fourth-order valence-corrected chi connectivity index (χ4v) is 1.55. The number of halogens is 3. The van der Waals surface area contributed by atoms with Crippen molar-refractivity contribution in [2.24, 2.45) is 0 Å². The Kier molecular flexibility index (Phi) is 5.62. The largest absolute Gasteiger partial charge is 0.416 e. The zero-order valence-corrected chi connectivity index (χ0v) is 11.5. The van der Waals surface area contributed by atoms with Crippen LogP contribution in [0.4, 0.5) is 24.8 Å². The summed E-state index contributed by atoms with van der Waals surface area (Å²) in [6.07, 6.45) is -3.40. The van der Waals surface area contributed by atoms with Gasteiger partial charge in [-0.3, -0.25) is 0 Å². The van der Waals surface area contributed by atoms with Gasteiger partial charge in [0.05, 0.1) is 18.1 Å². The Morgan fingerprint density at radius 2 is 2.10 bits per heavy atom. The van der Waals surface area contributed by atoms with E-state index in [2.05, 4.69) is 10.3 Å². The average Bonchev–Trinajstić information content (AvgIpc) is 2.41. The molecule has 1 heterocycles. The quantitative estimate of drug-likeness (QED) is 0.872. The molecule has 0 aromatic carbocycles. The van der Waals surface area contributed by atoms with Crippen molar-refractivity contribution in [3.05, 3.63) is 17.7 Å². The number of aromatic nitrogens is 1. The van der Waals surface area contributed by atoms with E-state index in [4.69, 9.17) is 5.26 Å². The second-order valence-electron chi connectivity index (χ2n) is 4.35. The van der Waals surface area contributed by atoms with Crippen LogP contribution in [0.5, 0.6) is 0 Å². The molecule has 0 aliphatic carbocycles. The number of anilines is 2. The Balaban J connectivity index is 3.06. The lowest BCUT2D eigenvalue weighted by atomic mass is 10.2. The zero-order valence-electron chi connectivity index (χ0n) is 11.5. The lowest BCUT2D eigenvalue weighted by Crippen LogP contribution is -2.21. The molecule has 7 heteroatoms. The monoisotopic (exact) mass is 286 g/mol. The summed E-state index contributed by atoms with van der Waals surface area (Å²) in [7, 11) is 1.61. The maximum atomic E-state index is 12.9. The Bertz CT molecular complexity index is 479. The first kappa shape index (κ1) is 16.1. The predicted molar refractivity (Wildman–Crippen MR) is 71.5 cm³/mol. The molecular formula is C13H17F3N4. The Morgan fingerprint density at radius 1 is 1.40 bits per heavy atom. The molecule has 110 valence electrons. The zero-order chi connectivity index (χ0) is 15.2. The molecule has 1 N–H and O–H groups in total. The van der Waals surface area contributed by atoms with Gasteiger partial charge in [0.1, 0.15) is 11.6 Å². The highest BCUT2D eigenvalue weighted by molar-refractivity contribution is 5.51. The number of alkyl halides is 3. The summed E-state index contributed by atoms with van der Waals surface area (Å²) in [5.41, 5.74) is -0.745. The second-order valence-corrected chi connectivity index (χ2v) is 4.35. The minimum atomic E-state index is -4.42. The highest BCUT2D eigenvalue weighted by Crippen LogP contribution is 2.32. The van der Waals surface area contributed by atoms with Crippen LogP contribution < -0.4 is 10.2 Å². The topological polar surface area (TPSA) is 52.0 Å². The summed E-state index contributed by atoms with van der Waals surface area (Å²) in [4.78, 5) is 5.68. The van der Waals surface area contributed by atoms with Crippen molar-refractivity contribution >= 4 is 11.6 Å². The van der Waals surface area contributed by atoms with E-state index in [1.807, 2.05) is 13.0 Å². The lowest BCUT2D eigenvalue weighted by Gasteiger charge is -2.19. The second kappa shape index (κ2) is 6.98. The molecule has 0 saturated heterocycles. The molecule has 0 radical (unpaired) electrons. The molecule has 0 unspecified atom stereocenters. The van der Waals surface area contributed by atoms with E-state index in [-0.39, 0.29) is 18.1 Å². The molecule has 0 spiro atoms. The van der Waals surface area contributed by atoms with Gasteiger partial charge in [-0.15, -0.1) is 0 Å². The average molecular weight is 286 g/mol. The SMILES string of the molecule is CCCNc1cc(C(F)(F)F)cc(N(C)CCC#N)n1. The molecule has 0 saturated carbocycles. The minimum absolute atomic E-state index is 0.195. The van der Waals surface area contributed by atoms with Crippen molar-refractivity contribution in [2.75, 3.05) is 30.4 Å². The standard InChI is InChI=1S/C13H17F3N4/c1-3-6-18-11-8-10(13(14,15)16)9-12(19-11)20(2)7-4-5-17/h8-9H,3-4,6-7H2,1-2H3,(H,18,19). The molecule has 0 amide bonds. The molecule has 0 bridgehead atoms. The highest BCUT2D eigenvalue weighted by Gasteiger charge is 2.32. The van der Waals surface area contributed by atoms with Gasteiger partial charge in [-0.2, -0.15) is 18.4 Å². The predicted octanol–water partition coefficient (Wildman–Crippen LogP) is 3.27. The van der Waals surface area contributed by atoms with Crippen LogP contribution in [0.2, 0.25) is 0 Å². The summed E-state index contributed by atoms with van der Waals surface area (Å²) in [6, 6.07) is 3.95. The van der Waals surface area contributed by atoms with Gasteiger partial charge in [0, 0.05) is 20.1 Å². The van der Waals surface area contributed by atoms with E-state index in [0.29, 0.717) is 13.1 Å². The number of nitrogens with zero attached hydrogens (tertiary/aromatic N) is 3. The number of nitrogens with one attached hydrogen (secondary N) is 1. The molecule has 0 aliphatic heterocycles. The van der Waals surface area contributed by atoms with E-state index < -0.39 is 11.7 Å². The van der Waals surface area contributed by atoms with Crippen molar-refractivity contribution in [3.8, 4) is 6.07 Å². The number of rotatable bonds is 6. The van der Waals surface area contributed by atoms with Crippen molar-refractivity contribution in [3.63, 3.8) is 0 Å². The molecular weight excluding hydrogens is 269 g/mol. The number of nitriles is 1. The molecule has 1 aromatic rings. The van der Waals surface area contributed by atoms with Crippen LogP contribution in [0.1, 0.15) is 25.3 Å². The molecule has 0 atom stereocenters. The van der Waals surface area contributed by atoms with E-state index >= 15 is 0 Å². The van der Waals surface area contributed by atoms with Gasteiger partial charge in [-0.05, 0) is 18.6 Å². The lowest BCUT2D eigenvalue weighted by molar-refractivity contribution is -0.137. The minimum Gasteiger partial charge on any atom is -0.370 e. The van der Waals surface area contributed by atoms with Gasteiger partial charge in [-0.25, -0.2) is 4.98 Å². The number of hydrogen-bond acceptors (Lipinski definition) is 4. The van der Waals surface area contributed by atoms with Crippen molar-refractivity contribution in [1.29, 1.82) is 5.26 Å². The number of pyridine rings is 1. The van der Waals surface area contributed by atoms with Gasteiger partial charge in [0.2, 0.25) is 0 Å². The Hall–Kier alpha value is -1.97. The first-order valence-electron chi connectivity index (χ1n) is 6.29. The van der Waals surface area contributed by atoms with Crippen LogP contribution in [0.3, 0.4) is 0 Å². The van der Waals surface area contributed by atoms with Gasteiger partial charge in [0.25, 0.3) is 0 Å².